The van der Waals surface area contributed by atoms with Crippen molar-refractivity contribution in [1.29, 1.82) is 0 Å². The number of ether oxygens (including phenoxy) is 6. The van der Waals surface area contributed by atoms with Crippen molar-refractivity contribution in [2.75, 3.05) is 13.9 Å². The van der Waals surface area contributed by atoms with Crippen LogP contribution in [0.5, 0.6) is 28.7 Å². The van der Waals surface area contributed by atoms with Gasteiger partial charge in [0, 0.05) is 58.1 Å². The second-order valence-corrected chi connectivity index (χ2v) is 9.26. The van der Waals surface area contributed by atoms with Crippen LogP contribution >= 0.6 is 0 Å². The minimum atomic E-state index is -0.835. The first kappa shape index (κ1) is 31.6. The summed E-state index contributed by atoms with van der Waals surface area (Å²) in [6.45, 7) is 8.18. The first-order valence-corrected chi connectivity index (χ1v) is 12.6. The largest absolute Gasteiger partial charge is 0.467 e. The number of fused-ring (bicyclic) bond motifs is 1. The smallest absolute Gasteiger partial charge is 0.308 e. The molecule has 0 spiro atoms. The Balaban J connectivity index is 2.46. The second-order valence-electron chi connectivity index (χ2n) is 9.26. The van der Waals surface area contributed by atoms with Crippen molar-refractivity contribution in [2.24, 2.45) is 0 Å². The van der Waals surface area contributed by atoms with E-state index < -0.39 is 35.1 Å². The number of allylic oxidation sites excluding steroid dienone is 2. The lowest BCUT2D eigenvalue weighted by molar-refractivity contribution is -0.134. The molecule has 12 heteroatoms. The molecule has 0 amide bonds. The summed E-state index contributed by atoms with van der Waals surface area (Å²) in [5.74, 6) is -3.87. The highest BCUT2D eigenvalue weighted by Crippen LogP contribution is 2.42. The van der Waals surface area contributed by atoms with E-state index >= 15 is 0 Å². The molecule has 3 rings (SSSR count). The Hall–Kier alpha value is -4.97. The molecule has 0 atom stereocenters. The Morgan fingerprint density at radius 3 is 1.93 bits per heavy atom. The molecule has 0 saturated heterocycles. The molecule has 0 aliphatic rings. The Morgan fingerprint density at radius 1 is 0.762 bits per heavy atom. The van der Waals surface area contributed by atoms with E-state index in [2.05, 4.69) is 0 Å². The fourth-order valence-corrected chi connectivity index (χ4v) is 3.86. The van der Waals surface area contributed by atoms with E-state index in [0.717, 1.165) is 19.4 Å². The van der Waals surface area contributed by atoms with Crippen molar-refractivity contribution in [3.05, 3.63) is 51.7 Å². The van der Waals surface area contributed by atoms with Crippen LogP contribution < -0.4 is 29.1 Å². The lowest BCUT2D eigenvalue weighted by Gasteiger charge is -2.17. The molecule has 42 heavy (non-hydrogen) atoms. The molecule has 0 radical (unpaired) electrons. The van der Waals surface area contributed by atoms with Crippen molar-refractivity contribution >= 4 is 34.8 Å². The Kier molecular flexibility index (Phi) is 10.2. The molecular weight excluding hydrogens is 552 g/mol. The molecule has 12 nitrogen and oxygen atoms in total. The summed E-state index contributed by atoms with van der Waals surface area (Å²) in [6, 6.07) is 5.51. The van der Waals surface area contributed by atoms with Gasteiger partial charge in [-0.15, -0.1) is 0 Å². The van der Waals surface area contributed by atoms with Gasteiger partial charge in [0.1, 0.15) is 22.5 Å². The van der Waals surface area contributed by atoms with E-state index in [1.54, 1.807) is 6.07 Å². The van der Waals surface area contributed by atoms with Crippen molar-refractivity contribution < 1.29 is 52.0 Å². The maximum Gasteiger partial charge on any atom is 0.308 e. The molecule has 222 valence electrons. The molecule has 0 unspecified atom stereocenters. The van der Waals surface area contributed by atoms with Crippen LogP contribution in [0.1, 0.15) is 47.1 Å². The predicted octanol–water partition coefficient (Wildman–Crippen LogP) is 4.65. The summed E-state index contributed by atoms with van der Waals surface area (Å²) in [5.41, 5.74) is 0.573. The van der Waals surface area contributed by atoms with Gasteiger partial charge in [-0.25, -0.2) is 0 Å². The quantitative estimate of drug-likeness (QED) is 0.141. The highest BCUT2D eigenvalue weighted by Gasteiger charge is 2.26. The van der Waals surface area contributed by atoms with Gasteiger partial charge in [-0.2, -0.15) is 0 Å². The van der Waals surface area contributed by atoms with E-state index in [1.807, 2.05) is 19.9 Å². The SMILES string of the molecule is COCOc1cc(OC(C)=O)c2c(=O)c(OC(C)=O)c(-c3cc(CC=C(C)C)c(OC(C)=O)c(OC(C)=O)c3)oc2c1. The van der Waals surface area contributed by atoms with E-state index in [0.29, 0.717) is 5.56 Å². The van der Waals surface area contributed by atoms with Crippen LogP contribution in [0.15, 0.2) is 45.1 Å². The summed E-state index contributed by atoms with van der Waals surface area (Å²) in [5, 5.41) is -0.198. The number of rotatable bonds is 10. The van der Waals surface area contributed by atoms with Crippen LogP contribution in [0, 0.1) is 0 Å². The maximum atomic E-state index is 13.8. The fraction of sp³-hybridized carbons (Fsp3) is 0.300. The summed E-state index contributed by atoms with van der Waals surface area (Å²) >= 11 is 0. The molecule has 1 aromatic heterocycles. The number of methoxy groups -OCH3 is 1. The topological polar surface area (TPSA) is 154 Å². The van der Waals surface area contributed by atoms with Crippen LogP contribution in [0.2, 0.25) is 0 Å². The van der Waals surface area contributed by atoms with Gasteiger partial charge >= 0.3 is 23.9 Å². The monoisotopic (exact) mass is 582 g/mol. The molecule has 0 aliphatic carbocycles. The molecule has 0 bridgehead atoms. The van der Waals surface area contributed by atoms with E-state index in [9.17, 15) is 24.0 Å². The number of hydrogen-bond donors (Lipinski definition) is 0. The summed E-state index contributed by atoms with van der Waals surface area (Å²) in [7, 11) is 1.41. The zero-order valence-electron chi connectivity index (χ0n) is 24.2. The molecule has 0 saturated carbocycles. The molecule has 0 N–H and O–H groups in total. The van der Waals surface area contributed by atoms with Gasteiger partial charge in [-0.05, 0) is 32.4 Å². The highest BCUT2D eigenvalue weighted by molar-refractivity contribution is 5.91. The van der Waals surface area contributed by atoms with Crippen molar-refractivity contribution in [1.82, 2.24) is 0 Å². The van der Waals surface area contributed by atoms with Crippen LogP contribution in [0.4, 0.5) is 0 Å². The lowest BCUT2D eigenvalue weighted by atomic mass is 10.0. The van der Waals surface area contributed by atoms with Gasteiger partial charge in [-0.3, -0.25) is 24.0 Å². The summed E-state index contributed by atoms with van der Waals surface area (Å²) < 4.78 is 37.8. The van der Waals surface area contributed by atoms with E-state index in [4.69, 9.17) is 32.8 Å². The summed E-state index contributed by atoms with van der Waals surface area (Å²) in [6.07, 6.45) is 2.08. The minimum absolute atomic E-state index is 0.0106. The molecule has 3 aromatic rings. The van der Waals surface area contributed by atoms with E-state index in [-0.39, 0.29) is 58.5 Å². The molecule has 1 heterocycles. The van der Waals surface area contributed by atoms with Gasteiger partial charge in [0.05, 0.1) is 0 Å². The number of benzene rings is 2. The van der Waals surface area contributed by atoms with Crippen LogP contribution in [-0.2, 0) is 30.3 Å². The first-order valence-electron chi connectivity index (χ1n) is 12.6. The number of hydrogen-bond acceptors (Lipinski definition) is 12. The third kappa shape index (κ3) is 7.82. The Bertz CT molecular complexity index is 1640. The highest BCUT2D eigenvalue weighted by atomic mass is 16.7. The molecule has 0 fully saturated rings. The second kappa shape index (κ2) is 13.6. The third-order valence-electron chi connectivity index (χ3n) is 5.36. The average molecular weight is 583 g/mol. The van der Waals surface area contributed by atoms with Gasteiger partial charge in [-0.1, -0.05) is 11.6 Å². The fourth-order valence-electron chi connectivity index (χ4n) is 3.86. The lowest BCUT2D eigenvalue weighted by Crippen LogP contribution is -2.15. The third-order valence-corrected chi connectivity index (χ3v) is 5.36. The zero-order valence-corrected chi connectivity index (χ0v) is 24.2. The molecule has 0 aliphatic heterocycles. The van der Waals surface area contributed by atoms with Crippen molar-refractivity contribution in [3.63, 3.8) is 0 Å². The van der Waals surface area contributed by atoms with E-state index in [1.165, 1.54) is 39.2 Å². The Morgan fingerprint density at radius 2 is 1.36 bits per heavy atom. The predicted molar refractivity (Wildman–Crippen MR) is 149 cm³/mol. The minimum Gasteiger partial charge on any atom is -0.467 e. The maximum absolute atomic E-state index is 13.8. The van der Waals surface area contributed by atoms with Crippen LogP contribution in [-0.4, -0.2) is 37.8 Å². The molecule has 2 aromatic carbocycles. The summed E-state index contributed by atoms with van der Waals surface area (Å²) in [4.78, 5) is 61.6. The van der Waals surface area contributed by atoms with Gasteiger partial charge < -0.3 is 32.8 Å². The van der Waals surface area contributed by atoms with Crippen LogP contribution in [0.3, 0.4) is 0 Å². The number of carbonyl (C=O) groups excluding carboxylic acids is 4. The van der Waals surface area contributed by atoms with Gasteiger partial charge in [0.25, 0.3) is 0 Å². The number of carbonyl (C=O) groups is 4. The standard InChI is InChI=1S/C30H30O12/c1-15(2)8-9-20-10-21(11-25(39-17(4)32)28(20)40-18(5)33)29-30(41-19(6)34)27(35)26-23(38-16(3)31)12-22(37-14-36-7)13-24(26)42-29/h8,10-13H,9,14H2,1-7H3. The van der Waals surface area contributed by atoms with Crippen molar-refractivity contribution in [2.45, 2.75) is 48.0 Å². The molecular formula is C30H30O12. The number of esters is 4. The van der Waals surface area contributed by atoms with Crippen LogP contribution in [0.25, 0.3) is 22.3 Å². The zero-order chi connectivity index (χ0) is 31.1. The Labute approximate surface area is 240 Å². The normalized spacial score (nSPS) is 10.5. The van der Waals surface area contributed by atoms with Gasteiger partial charge in [0.2, 0.25) is 11.2 Å². The van der Waals surface area contributed by atoms with Crippen molar-refractivity contribution in [3.8, 4) is 40.1 Å². The average Bonchev–Trinajstić information content (AvgIpc) is 2.87. The van der Waals surface area contributed by atoms with Gasteiger partial charge in [0.15, 0.2) is 24.1 Å². The first-order chi connectivity index (χ1) is 19.8.